The van der Waals surface area contributed by atoms with Crippen LogP contribution in [0.1, 0.15) is 10.4 Å². The second-order valence-corrected chi connectivity index (χ2v) is 4.21. The van der Waals surface area contributed by atoms with Gasteiger partial charge in [-0.25, -0.2) is 8.78 Å². The van der Waals surface area contributed by atoms with Crippen molar-refractivity contribution in [2.24, 2.45) is 0 Å². The van der Waals surface area contributed by atoms with Crippen molar-refractivity contribution in [2.45, 2.75) is 12.5 Å². The molecule has 0 fully saturated rings. The monoisotopic (exact) mass is 293 g/mol. The summed E-state index contributed by atoms with van der Waals surface area (Å²) in [5.41, 5.74) is 0.135. The summed E-state index contributed by atoms with van der Waals surface area (Å²) in [5, 5.41) is 11.3. The fraction of sp³-hybridized carbons (Fsp3) is 0.364. The number of amides is 1. The summed E-state index contributed by atoms with van der Waals surface area (Å²) >= 11 is 5.88. The lowest BCUT2D eigenvalue weighted by Crippen LogP contribution is -2.35. The van der Waals surface area contributed by atoms with Gasteiger partial charge in [-0.05, 0) is 12.1 Å². The number of carbonyl (C=O) groups is 1. The molecule has 0 radical (unpaired) electrons. The molecule has 0 aliphatic carbocycles. The number of aliphatic hydroxyl groups is 1. The molecule has 0 aromatic heterocycles. The van der Waals surface area contributed by atoms with Crippen molar-refractivity contribution in [3.05, 3.63) is 22.7 Å². The number of hydrogen-bond donors (Lipinski definition) is 2. The van der Waals surface area contributed by atoms with Crippen LogP contribution in [0, 0.1) is 0 Å². The quantitative estimate of drug-likeness (QED) is 0.881. The number of halogens is 3. The Hall–Kier alpha value is -1.60. The van der Waals surface area contributed by atoms with Gasteiger partial charge in [-0.15, -0.1) is 0 Å². The zero-order chi connectivity index (χ0) is 14.0. The lowest BCUT2D eigenvalue weighted by Gasteiger charge is -2.11. The van der Waals surface area contributed by atoms with Crippen molar-refractivity contribution in [2.75, 3.05) is 13.3 Å². The zero-order valence-electron chi connectivity index (χ0n) is 9.53. The average molecular weight is 294 g/mol. The van der Waals surface area contributed by atoms with Gasteiger partial charge in [-0.1, -0.05) is 11.6 Å². The van der Waals surface area contributed by atoms with E-state index >= 15 is 0 Å². The van der Waals surface area contributed by atoms with E-state index in [4.69, 9.17) is 26.2 Å². The SMILES string of the molecule is O=C(NCC(O)C(F)F)c1cc(Cl)c2c(c1)OCO2. The van der Waals surface area contributed by atoms with Gasteiger partial charge in [0, 0.05) is 12.1 Å². The molecule has 0 spiro atoms. The van der Waals surface area contributed by atoms with E-state index in [1.165, 1.54) is 12.1 Å². The van der Waals surface area contributed by atoms with E-state index in [0.717, 1.165) is 0 Å². The van der Waals surface area contributed by atoms with Gasteiger partial charge in [0.15, 0.2) is 11.5 Å². The largest absolute Gasteiger partial charge is 0.454 e. The topological polar surface area (TPSA) is 67.8 Å². The van der Waals surface area contributed by atoms with Gasteiger partial charge in [0.1, 0.15) is 6.10 Å². The smallest absolute Gasteiger partial charge is 0.265 e. The van der Waals surface area contributed by atoms with Crippen LogP contribution in [0.5, 0.6) is 11.5 Å². The van der Waals surface area contributed by atoms with Crippen LogP contribution in [0.25, 0.3) is 0 Å². The Morgan fingerprint density at radius 1 is 1.47 bits per heavy atom. The predicted molar refractivity (Wildman–Crippen MR) is 61.9 cm³/mol. The molecule has 2 rings (SSSR count). The zero-order valence-corrected chi connectivity index (χ0v) is 10.3. The number of hydrogen-bond acceptors (Lipinski definition) is 4. The van der Waals surface area contributed by atoms with E-state index in [1.54, 1.807) is 0 Å². The number of rotatable bonds is 4. The highest BCUT2D eigenvalue weighted by Gasteiger charge is 2.22. The highest BCUT2D eigenvalue weighted by atomic mass is 35.5. The van der Waals surface area contributed by atoms with Gasteiger partial charge >= 0.3 is 0 Å². The van der Waals surface area contributed by atoms with Crippen molar-refractivity contribution in [1.29, 1.82) is 0 Å². The van der Waals surface area contributed by atoms with Crippen molar-refractivity contribution in [3.8, 4) is 11.5 Å². The Balaban J connectivity index is 2.06. The molecular weight excluding hydrogens is 284 g/mol. The highest BCUT2D eigenvalue weighted by molar-refractivity contribution is 6.32. The molecule has 1 aliphatic rings. The Bertz CT molecular complexity index is 498. The van der Waals surface area contributed by atoms with E-state index in [1.807, 2.05) is 0 Å². The molecule has 19 heavy (non-hydrogen) atoms. The lowest BCUT2D eigenvalue weighted by atomic mass is 10.2. The van der Waals surface area contributed by atoms with Crippen molar-refractivity contribution < 1.29 is 28.2 Å². The predicted octanol–water partition coefficient (Wildman–Crippen LogP) is 1.42. The third-order valence-electron chi connectivity index (χ3n) is 2.45. The number of alkyl halides is 2. The normalized spacial score (nSPS) is 14.6. The molecule has 1 aromatic rings. The summed E-state index contributed by atoms with van der Waals surface area (Å²) in [5.74, 6) is 0.0118. The first-order chi connectivity index (χ1) is 8.99. The number of carbonyl (C=O) groups excluding carboxylic acids is 1. The third kappa shape index (κ3) is 3.05. The number of benzene rings is 1. The molecule has 1 amide bonds. The Morgan fingerprint density at radius 3 is 2.89 bits per heavy atom. The first-order valence-electron chi connectivity index (χ1n) is 5.32. The minimum atomic E-state index is -2.92. The van der Waals surface area contributed by atoms with E-state index in [-0.39, 0.29) is 17.4 Å². The second kappa shape index (κ2) is 5.58. The Morgan fingerprint density at radius 2 is 2.21 bits per heavy atom. The van der Waals surface area contributed by atoms with Gasteiger partial charge in [0.2, 0.25) is 6.79 Å². The molecule has 2 N–H and O–H groups in total. The van der Waals surface area contributed by atoms with Crippen molar-refractivity contribution in [3.63, 3.8) is 0 Å². The van der Waals surface area contributed by atoms with Crippen LogP contribution < -0.4 is 14.8 Å². The molecule has 0 saturated heterocycles. The molecule has 1 aliphatic heterocycles. The molecule has 104 valence electrons. The Kier molecular flexibility index (Phi) is 4.06. The van der Waals surface area contributed by atoms with Gasteiger partial charge < -0.3 is 19.9 Å². The van der Waals surface area contributed by atoms with E-state index in [0.29, 0.717) is 11.5 Å². The van der Waals surface area contributed by atoms with Crippen LogP contribution in [-0.4, -0.2) is 36.9 Å². The summed E-state index contributed by atoms with van der Waals surface area (Å²) in [7, 11) is 0. The van der Waals surface area contributed by atoms with Crippen LogP contribution >= 0.6 is 11.6 Å². The van der Waals surface area contributed by atoms with Crippen LogP contribution in [0.4, 0.5) is 8.78 Å². The van der Waals surface area contributed by atoms with Crippen LogP contribution in [0.15, 0.2) is 12.1 Å². The van der Waals surface area contributed by atoms with Gasteiger partial charge in [0.05, 0.1) is 5.02 Å². The summed E-state index contributed by atoms with van der Waals surface area (Å²) < 4.78 is 34.3. The molecule has 0 bridgehead atoms. The standard InChI is InChI=1S/C11H10ClF2NO4/c12-6-1-5(2-8-9(6)19-4-18-8)11(17)15-3-7(16)10(13)14/h1-2,7,10,16H,3-4H2,(H,15,17). The Labute approximate surface area is 112 Å². The van der Waals surface area contributed by atoms with Crippen LogP contribution in [0.3, 0.4) is 0 Å². The molecule has 8 heteroatoms. The number of nitrogens with one attached hydrogen (secondary N) is 1. The maximum Gasteiger partial charge on any atom is 0.265 e. The second-order valence-electron chi connectivity index (χ2n) is 3.80. The summed E-state index contributed by atoms with van der Waals surface area (Å²) in [6, 6.07) is 2.72. The molecule has 5 nitrogen and oxygen atoms in total. The van der Waals surface area contributed by atoms with Crippen molar-refractivity contribution in [1.82, 2.24) is 5.32 Å². The van der Waals surface area contributed by atoms with E-state index in [2.05, 4.69) is 5.32 Å². The minimum Gasteiger partial charge on any atom is -0.454 e. The van der Waals surface area contributed by atoms with Crippen LogP contribution in [-0.2, 0) is 0 Å². The molecule has 1 heterocycles. The molecule has 1 unspecified atom stereocenters. The van der Waals surface area contributed by atoms with Gasteiger partial charge in [-0.2, -0.15) is 0 Å². The number of ether oxygens (including phenoxy) is 2. The fourth-order valence-electron chi connectivity index (χ4n) is 1.49. The van der Waals surface area contributed by atoms with Gasteiger partial charge in [-0.3, -0.25) is 4.79 Å². The fourth-order valence-corrected chi connectivity index (χ4v) is 1.75. The number of fused-ring (bicyclic) bond motifs is 1. The molecule has 1 atom stereocenters. The molecule has 1 aromatic carbocycles. The lowest BCUT2D eigenvalue weighted by molar-refractivity contribution is -0.00270. The number of aliphatic hydroxyl groups excluding tert-OH is 1. The van der Waals surface area contributed by atoms with Gasteiger partial charge in [0.25, 0.3) is 12.3 Å². The minimum absolute atomic E-state index is 0.00419. The first kappa shape index (κ1) is 13.8. The van der Waals surface area contributed by atoms with Crippen molar-refractivity contribution >= 4 is 17.5 Å². The maximum absolute atomic E-state index is 12.1. The maximum atomic E-state index is 12.1. The summed E-state index contributed by atoms with van der Waals surface area (Å²) in [6.07, 6.45) is -4.82. The van der Waals surface area contributed by atoms with Crippen LogP contribution in [0.2, 0.25) is 5.02 Å². The summed E-state index contributed by atoms with van der Waals surface area (Å²) in [6.45, 7) is -0.549. The third-order valence-corrected chi connectivity index (χ3v) is 2.73. The molecular formula is C11H10ClF2NO4. The van der Waals surface area contributed by atoms with E-state index < -0.39 is 25.0 Å². The highest BCUT2D eigenvalue weighted by Crippen LogP contribution is 2.39. The summed E-state index contributed by atoms with van der Waals surface area (Å²) in [4.78, 5) is 11.7. The average Bonchev–Trinajstić information content (AvgIpc) is 2.83. The first-order valence-corrected chi connectivity index (χ1v) is 5.70. The molecule has 0 saturated carbocycles. The van der Waals surface area contributed by atoms with E-state index in [9.17, 15) is 13.6 Å².